The first-order valence-electron chi connectivity index (χ1n) is 7.97. The van der Waals surface area contributed by atoms with Crippen LogP contribution in [0.4, 0.5) is 0 Å². The lowest BCUT2D eigenvalue weighted by atomic mass is 10.3. The van der Waals surface area contributed by atoms with Crippen molar-refractivity contribution in [2.75, 3.05) is 13.2 Å². The molecule has 0 saturated heterocycles. The van der Waals surface area contributed by atoms with Gasteiger partial charge < -0.3 is 15.4 Å². The number of halogens is 2. The summed E-state index contributed by atoms with van der Waals surface area (Å²) in [5.74, 6) is -0.276. The molecule has 2 amide bonds. The predicted molar refractivity (Wildman–Crippen MR) is 103 cm³/mol. The first-order valence-corrected chi connectivity index (χ1v) is 8.73. The molecule has 1 aromatic carbocycles. The van der Waals surface area contributed by atoms with Gasteiger partial charge in [0.25, 0.3) is 11.8 Å². The summed E-state index contributed by atoms with van der Waals surface area (Å²) in [7, 11) is 0. The third-order valence-corrected chi connectivity index (χ3v) is 4.05. The molecule has 2 N–H and O–H groups in total. The van der Waals surface area contributed by atoms with Crippen LogP contribution in [0.5, 0.6) is 5.75 Å². The summed E-state index contributed by atoms with van der Waals surface area (Å²) in [6, 6.07) is 4.73. The van der Waals surface area contributed by atoms with Crippen LogP contribution in [0.25, 0.3) is 0 Å². The fraction of sp³-hybridized carbons (Fsp3) is 0.222. The number of aryl methyl sites for hydroxylation is 1. The zero-order valence-corrected chi connectivity index (χ0v) is 16.1. The normalized spacial score (nSPS) is 10.2. The minimum absolute atomic E-state index is 0.171. The Kier molecular flexibility index (Phi) is 7.57. The van der Waals surface area contributed by atoms with Crippen molar-refractivity contribution in [3.63, 3.8) is 0 Å². The molecular formula is C18H18Cl2N4O3. The number of aromatic nitrogens is 2. The highest BCUT2D eigenvalue weighted by atomic mass is 35.5. The zero-order valence-electron chi connectivity index (χ0n) is 14.6. The molecule has 7 nitrogen and oxygen atoms in total. The fourth-order valence-corrected chi connectivity index (χ4v) is 2.20. The van der Waals surface area contributed by atoms with E-state index in [1.165, 1.54) is 18.5 Å². The molecule has 1 aromatic heterocycles. The van der Waals surface area contributed by atoms with Crippen LogP contribution in [0.3, 0.4) is 0 Å². The van der Waals surface area contributed by atoms with E-state index in [1.807, 2.05) is 0 Å². The first kappa shape index (κ1) is 20.7. The monoisotopic (exact) mass is 408 g/mol. The van der Waals surface area contributed by atoms with Gasteiger partial charge in [0.05, 0.1) is 21.9 Å². The predicted octanol–water partition coefficient (Wildman–Crippen LogP) is 2.92. The van der Waals surface area contributed by atoms with Crippen molar-refractivity contribution in [3.05, 3.63) is 64.3 Å². The van der Waals surface area contributed by atoms with Crippen LogP contribution in [0.15, 0.2) is 42.9 Å². The Hall–Kier alpha value is -2.64. The lowest BCUT2D eigenvalue weighted by Crippen LogP contribution is -2.31. The molecule has 0 saturated carbocycles. The lowest BCUT2D eigenvalue weighted by Gasteiger charge is -2.10. The van der Waals surface area contributed by atoms with Crippen molar-refractivity contribution in [3.8, 4) is 5.75 Å². The molecule has 0 fully saturated rings. The van der Waals surface area contributed by atoms with Gasteiger partial charge in [0.15, 0.2) is 6.61 Å². The Morgan fingerprint density at radius 3 is 2.63 bits per heavy atom. The molecule has 0 radical (unpaired) electrons. The number of hydrogen-bond donors (Lipinski definition) is 2. The highest BCUT2D eigenvalue weighted by molar-refractivity contribution is 6.42. The summed E-state index contributed by atoms with van der Waals surface area (Å²) in [6.07, 6.45) is 3.26. The van der Waals surface area contributed by atoms with Crippen LogP contribution in [0.1, 0.15) is 22.6 Å². The first-order chi connectivity index (χ1) is 12.8. The molecule has 0 bridgehead atoms. The van der Waals surface area contributed by atoms with Gasteiger partial charge in [-0.1, -0.05) is 29.8 Å². The SMILES string of the molecule is C=C(CCNC(=O)COc1ccc(Cl)c(Cl)c1)NC(=O)c1cnc(C)cn1. The van der Waals surface area contributed by atoms with Crippen LogP contribution in [-0.2, 0) is 4.79 Å². The van der Waals surface area contributed by atoms with Gasteiger partial charge in [-0.15, -0.1) is 0 Å². The number of rotatable bonds is 8. The largest absolute Gasteiger partial charge is 0.484 e. The number of carbonyl (C=O) groups excluding carboxylic acids is 2. The Labute approximate surface area is 166 Å². The van der Waals surface area contributed by atoms with Crippen molar-refractivity contribution >= 4 is 35.0 Å². The second-order valence-corrected chi connectivity index (χ2v) is 6.38. The van der Waals surface area contributed by atoms with Crippen LogP contribution in [0, 0.1) is 6.92 Å². The molecule has 0 aliphatic rings. The van der Waals surface area contributed by atoms with Gasteiger partial charge in [-0.2, -0.15) is 0 Å². The molecule has 0 unspecified atom stereocenters. The van der Waals surface area contributed by atoms with Crippen LogP contribution in [0.2, 0.25) is 10.0 Å². The minimum atomic E-state index is -0.401. The Bertz CT molecular complexity index is 841. The second kappa shape index (κ2) is 9.89. The zero-order chi connectivity index (χ0) is 19.8. The summed E-state index contributed by atoms with van der Waals surface area (Å²) in [5, 5.41) is 6.04. The van der Waals surface area contributed by atoms with E-state index in [-0.39, 0.29) is 18.2 Å². The fourth-order valence-electron chi connectivity index (χ4n) is 1.92. The van der Waals surface area contributed by atoms with E-state index in [9.17, 15) is 9.59 Å². The molecule has 2 rings (SSSR count). The van der Waals surface area contributed by atoms with Crippen LogP contribution >= 0.6 is 23.2 Å². The molecule has 27 heavy (non-hydrogen) atoms. The van der Waals surface area contributed by atoms with Gasteiger partial charge in [0.1, 0.15) is 11.4 Å². The number of nitrogens with one attached hydrogen (secondary N) is 2. The standard InChI is InChI=1S/C18H18Cl2N4O3/c1-11(24-18(26)16-9-22-12(2)8-23-16)5-6-21-17(25)10-27-13-3-4-14(19)15(20)7-13/h3-4,7-9H,1,5-6,10H2,2H3,(H,21,25)(H,24,26). The maximum Gasteiger partial charge on any atom is 0.275 e. The molecule has 0 aliphatic heterocycles. The van der Waals surface area contributed by atoms with E-state index >= 15 is 0 Å². The highest BCUT2D eigenvalue weighted by Gasteiger charge is 2.09. The topological polar surface area (TPSA) is 93.2 Å². The molecule has 2 aromatic rings. The average molecular weight is 409 g/mol. The molecule has 1 heterocycles. The second-order valence-electron chi connectivity index (χ2n) is 5.57. The average Bonchev–Trinajstić information content (AvgIpc) is 2.63. The number of hydrogen-bond acceptors (Lipinski definition) is 5. The van der Waals surface area contributed by atoms with Crippen molar-refractivity contribution in [1.29, 1.82) is 0 Å². The maximum atomic E-state index is 12.0. The molecular weight excluding hydrogens is 391 g/mol. The van der Waals surface area contributed by atoms with Gasteiger partial charge in [0.2, 0.25) is 0 Å². The molecule has 0 atom stereocenters. The summed E-state index contributed by atoms with van der Waals surface area (Å²) in [5.41, 5.74) is 1.37. The third kappa shape index (κ3) is 6.88. The van der Waals surface area contributed by atoms with Gasteiger partial charge in [-0.25, -0.2) is 4.98 Å². The van der Waals surface area contributed by atoms with E-state index in [1.54, 1.807) is 19.1 Å². The van der Waals surface area contributed by atoms with E-state index in [4.69, 9.17) is 27.9 Å². The minimum Gasteiger partial charge on any atom is -0.484 e. The number of amides is 2. The van der Waals surface area contributed by atoms with Gasteiger partial charge in [-0.05, 0) is 19.1 Å². The summed E-state index contributed by atoms with van der Waals surface area (Å²) in [4.78, 5) is 31.8. The van der Waals surface area contributed by atoms with Crippen molar-refractivity contribution in [1.82, 2.24) is 20.6 Å². The van der Waals surface area contributed by atoms with E-state index in [0.29, 0.717) is 34.5 Å². The number of ether oxygens (including phenoxy) is 1. The molecule has 0 spiro atoms. The van der Waals surface area contributed by atoms with Crippen molar-refractivity contribution in [2.45, 2.75) is 13.3 Å². The Morgan fingerprint density at radius 2 is 1.96 bits per heavy atom. The third-order valence-electron chi connectivity index (χ3n) is 3.31. The van der Waals surface area contributed by atoms with Gasteiger partial charge in [0, 0.05) is 30.9 Å². The number of carbonyl (C=O) groups is 2. The molecule has 9 heteroatoms. The Morgan fingerprint density at radius 1 is 1.19 bits per heavy atom. The smallest absolute Gasteiger partial charge is 0.275 e. The molecule has 0 aliphatic carbocycles. The number of nitrogens with zero attached hydrogens (tertiary/aromatic N) is 2. The number of benzene rings is 1. The summed E-state index contributed by atoms with van der Waals surface area (Å²) in [6.45, 7) is 5.66. The van der Waals surface area contributed by atoms with Gasteiger partial charge >= 0.3 is 0 Å². The maximum absolute atomic E-state index is 12.0. The lowest BCUT2D eigenvalue weighted by molar-refractivity contribution is -0.123. The summed E-state index contributed by atoms with van der Waals surface area (Å²) < 4.78 is 5.33. The van der Waals surface area contributed by atoms with Crippen molar-refractivity contribution < 1.29 is 14.3 Å². The quantitative estimate of drug-likeness (QED) is 0.700. The van der Waals surface area contributed by atoms with Crippen LogP contribution < -0.4 is 15.4 Å². The highest BCUT2D eigenvalue weighted by Crippen LogP contribution is 2.26. The molecule has 142 valence electrons. The van der Waals surface area contributed by atoms with Crippen molar-refractivity contribution in [2.24, 2.45) is 0 Å². The Balaban J connectivity index is 1.68. The van der Waals surface area contributed by atoms with Gasteiger partial charge in [-0.3, -0.25) is 14.6 Å². The summed E-state index contributed by atoms with van der Waals surface area (Å²) >= 11 is 11.7. The van der Waals surface area contributed by atoms with E-state index in [0.717, 1.165) is 5.69 Å². The van der Waals surface area contributed by atoms with E-state index in [2.05, 4.69) is 27.2 Å². The van der Waals surface area contributed by atoms with Crippen LogP contribution in [-0.4, -0.2) is 34.9 Å². The van der Waals surface area contributed by atoms with E-state index < -0.39 is 5.91 Å².